The van der Waals surface area contributed by atoms with Gasteiger partial charge >= 0.3 is 5.97 Å². The van der Waals surface area contributed by atoms with Crippen LogP contribution in [-0.2, 0) is 9.53 Å². The number of alkyl halides is 1. The number of aliphatic hydroxyl groups is 2. The van der Waals surface area contributed by atoms with Gasteiger partial charge in [0.05, 0.1) is 4.43 Å². The molecule has 11 heavy (non-hydrogen) atoms. The SMILES string of the molecule is C/C(O)=C(/O)COC(=O)CI. The Bertz CT molecular complexity index is 171. The monoisotopic (exact) mass is 272 g/mol. The highest BCUT2D eigenvalue weighted by molar-refractivity contribution is 14.1. The summed E-state index contributed by atoms with van der Waals surface area (Å²) in [6, 6.07) is 0. The molecule has 0 saturated heterocycles. The van der Waals surface area contributed by atoms with E-state index in [2.05, 4.69) is 4.74 Å². The number of rotatable bonds is 3. The molecule has 0 unspecified atom stereocenters. The Morgan fingerprint density at radius 1 is 1.55 bits per heavy atom. The van der Waals surface area contributed by atoms with Gasteiger partial charge in [0.2, 0.25) is 0 Å². The molecule has 0 heterocycles. The lowest BCUT2D eigenvalue weighted by Gasteiger charge is -2.01. The fraction of sp³-hybridized carbons (Fsp3) is 0.500. The highest BCUT2D eigenvalue weighted by Crippen LogP contribution is 1.97. The second-order valence-electron chi connectivity index (χ2n) is 1.83. The molecule has 0 aromatic heterocycles. The van der Waals surface area contributed by atoms with Gasteiger partial charge in [-0.3, -0.25) is 4.79 Å². The number of allylic oxidation sites excluding steroid dienone is 1. The van der Waals surface area contributed by atoms with Gasteiger partial charge in [-0.15, -0.1) is 0 Å². The molecule has 0 rings (SSSR count). The van der Waals surface area contributed by atoms with Crippen molar-refractivity contribution in [3.05, 3.63) is 11.5 Å². The summed E-state index contributed by atoms with van der Waals surface area (Å²) in [6.45, 7) is 1.05. The lowest BCUT2D eigenvalue weighted by Crippen LogP contribution is -2.08. The standard InChI is InChI=1S/C6H9IO4/c1-4(8)5(9)3-11-6(10)2-7/h8-9H,2-3H2,1H3/b5-4-. The molecule has 2 N–H and O–H groups in total. The van der Waals surface area contributed by atoms with Gasteiger partial charge in [0.15, 0.2) is 12.4 Å². The van der Waals surface area contributed by atoms with E-state index in [0.717, 1.165) is 0 Å². The van der Waals surface area contributed by atoms with E-state index in [-0.39, 0.29) is 22.6 Å². The van der Waals surface area contributed by atoms with Crippen molar-refractivity contribution in [3.8, 4) is 0 Å². The Kier molecular flexibility index (Phi) is 5.01. The predicted octanol–water partition coefficient (Wildman–Crippen LogP) is 1.31. The average Bonchev–Trinajstić information content (AvgIpc) is 1.99. The fourth-order valence-electron chi connectivity index (χ4n) is 0.292. The zero-order chi connectivity index (χ0) is 8.85. The van der Waals surface area contributed by atoms with Crippen LogP contribution in [-0.4, -0.2) is 27.2 Å². The first-order chi connectivity index (χ1) is 5.07. The van der Waals surface area contributed by atoms with Gasteiger partial charge in [-0.25, -0.2) is 0 Å². The van der Waals surface area contributed by atoms with Crippen molar-refractivity contribution in [3.63, 3.8) is 0 Å². The normalized spacial score (nSPS) is 12.2. The van der Waals surface area contributed by atoms with Crippen molar-refractivity contribution in [2.75, 3.05) is 11.0 Å². The van der Waals surface area contributed by atoms with Crippen LogP contribution >= 0.6 is 22.6 Å². The van der Waals surface area contributed by atoms with E-state index in [1.54, 1.807) is 0 Å². The first kappa shape index (κ1) is 10.5. The van der Waals surface area contributed by atoms with Gasteiger partial charge < -0.3 is 14.9 Å². The highest BCUT2D eigenvalue weighted by atomic mass is 127. The van der Waals surface area contributed by atoms with Gasteiger partial charge in [0.25, 0.3) is 0 Å². The molecule has 0 spiro atoms. The number of ether oxygens (including phenoxy) is 1. The van der Waals surface area contributed by atoms with E-state index >= 15 is 0 Å². The summed E-state index contributed by atoms with van der Waals surface area (Å²) in [7, 11) is 0. The Morgan fingerprint density at radius 3 is 2.45 bits per heavy atom. The molecule has 0 aliphatic rings. The van der Waals surface area contributed by atoms with E-state index in [1.807, 2.05) is 22.6 Å². The Balaban J connectivity index is 3.72. The van der Waals surface area contributed by atoms with E-state index in [4.69, 9.17) is 10.2 Å². The van der Waals surface area contributed by atoms with Crippen molar-refractivity contribution in [1.29, 1.82) is 0 Å². The van der Waals surface area contributed by atoms with E-state index in [9.17, 15) is 4.79 Å². The number of halogens is 1. The maximum atomic E-state index is 10.5. The third kappa shape index (κ3) is 4.88. The van der Waals surface area contributed by atoms with Crippen LogP contribution in [0, 0.1) is 0 Å². The number of carbonyl (C=O) groups excluding carboxylic acids is 1. The zero-order valence-electron chi connectivity index (χ0n) is 6.00. The Morgan fingerprint density at radius 2 is 2.09 bits per heavy atom. The fourth-order valence-corrected chi connectivity index (χ4v) is 0.512. The molecule has 0 aliphatic carbocycles. The second-order valence-corrected chi connectivity index (χ2v) is 2.59. The first-order valence-electron chi connectivity index (χ1n) is 2.87. The molecule has 0 radical (unpaired) electrons. The molecule has 64 valence electrons. The predicted molar refractivity (Wildman–Crippen MR) is 47.8 cm³/mol. The maximum absolute atomic E-state index is 10.5. The molecular formula is C6H9IO4. The summed E-state index contributed by atoms with van der Waals surface area (Å²) in [5.74, 6) is -0.965. The van der Waals surface area contributed by atoms with Gasteiger partial charge in [0.1, 0.15) is 5.76 Å². The third-order valence-electron chi connectivity index (χ3n) is 0.897. The minimum absolute atomic E-state index is 0.230. The third-order valence-corrected chi connectivity index (χ3v) is 1.52. The van der Waals surface area contributed by atoms with E-state index in [0.29, 0.717) is 0 Å². The van der Waals surface area contributed by atoms with Crippen molar-refractivity contribution >= 4 is 28.6 Å². The summed E-state index contributed by atoms with van der Waals surface area (Å²) in [5.41, 5.74) is 0. The number of hydrogen-bond donors (Lipinski definition) is 2. The Hall–Kier alpha value is -0.460. The molecule has 0 atom stereocenters. The minimum Gasteiger partial charge on any atom is -0.509 e. The van der Waals surface area contributed by atoms with Crippen molar-refractivity contribution in [2.45, 2.75) is 6.92 Å². The van der Waals surface area contributed by atoms with Gasteiger partial charge in [-0.1, -0.05) is 22.6 Å². The topological polar surface area (TPSA) is 66.8 Å². The molecule has 5 heteroatoms. The lowest BCUT2D eigenvalue weighted by molar-refractivity contribution is -0.139. The summed E-state index contributed by atoms with van der Waals surface area (Å²) in [6.07, 6.45) is 0. The van der Waals surface area contributed by atoms with Gasteiger partial charge in [0, 0.05) is 0 Å². The molecule has 0 aromatic rings. The van der Waals surface area contributed by atoms with Crippen LogP contribution in [0.25, 0.3) is 0 Å². The smallest absolute Gasteiger partial charge is 0.316 e. The molecule has 4 nitrogen and oxygen atoms in total. The minimum atomic E-state index is -0.418. The summed E-state index contributed by atoms with van der Waals surface area (Å²) >= 11 is 1.84. The van der Waals surface area contributed by atoms with E-state index < -0.39 is 5.97 Å². The average molecular weight is 272 g/mol. The van der Waals surface area contributed by atoms with Crippen molar-refractivity contribution in [1.82, 2.24) is 0 Å². The van der Waals surface area contributed by atoms with Crippen LogP contribution < -0.4 is 0 Å². The van der Waals surface area contributed by atoms with Crippen molar-refractivity contribution < 1.29 is 19.7 Å². The van der Waals surface area contributed by atoms with Crippen LogP contribution in [0.2, 0.25) is 0 Å². The number of carbonyl (C=O) groups is 1. The molecular weight excluding hydrogens is 263 g/mol. The lowest BCUT2D eigenvalue weighted by atomic mass is 10.4. The molecule has 0 fully saturated rings. The quantitative estimate of drug-likeness (QED) is 0.352. The van der Waals surface area contributed by atoms with Crippen LogP contribution in [0.5, 0.6) is 0 Å². The number of hydrogen-bond acceptors (Lipinski definition) is 4. The van der Waals surface area contributed by atoms with Gasteiger partial charge in [-0.05, 0) is 6.92 Å². The van der Waals surface area contributed by atoms with Crippen molar-refractivity contribution in [2.24, 2.45) is 0 Å². The maximum Gasteiger partial charge on any atom is 0.316 e. The molecule has 0 bridgehead atoms. The molecule has 0 amide bonds. The Labute approximate surface area is 78.0 Å². The van der Waals surface area contributed by atoms with E-state index in [1.165, 1.54) is 6.92 Å². The highest BCUT2D eigenvalue weighted by Gasteiger charge is 2.03. The summed E-state index contributed by atoms with van der Waals surface area (Å²) < 4.78 is 4.73. The molecule has 0 aromatic carbocycles. The van der Waals surface area contributed by atoms with Gasteiger partial charge in [-0.2, -0.15) is 0 Å². The van der Waals surface area contributed by atoms with Crippen LogP contribution in [0.15, 0.2) is 11.5 Å². The largest absolute Gasteiger partial charge is 0.509 e. The van der Waals surface area contributed by atoms with Crippen LogP contribution in [0.3, 0.4) is 0 Å². The number of aliphatic hydroxyl groups excluding tert-OH is 2. The summed E-state index contributed by atoms with van der Waals surface area (Å²) in [5, 5.41) is 17.5. The zero-order valence-corrected chi connectivity index (χ0v) is 8.16. The first-order valence-corrected chi connectivity index (χ1v) is 4.39. The number of esters is 1. The second kappa shape index (κ2) is 5.22. The van der Waals surface area contributed by atoms with Crippen LogP contribution in [0.4, 0.5) is 0 Å². The van der Waals surface area contributed by atoms with Crippen LogP contribution in [0.1, 0.15) is 6.92 Å². The molecule has 0 aliphatic heterocycles. The molecule has 0 saturated carbocycles. The summed E-state index contributed by atoms with van der Waals surface area (Å²) in [4.78, 5) is 10.5.